The minimum atomic E-state index is -5.21. The summed E-state index contributed by atoms with van der Waals surface area (Å²) < 4.78 is 136. The van der Waals surface area contributed by atoms with Gasteiger partial charge in [-0.05, 0) is 36.1 Å². The minimum absolute atomic E-state index is 0.0515. The Kier molecular flexibility index (Phi) is 8.96. The van der Waals surface area contributed by atoms with Crippen molar-refractivity contribution in [3.8, 4) is 20.9 Å². The molecule has 18 heteroatoms. The van der Waals surface area contributed by atoms with E-state index in [1.165, 1.54) is 26.0 Å². The molecule has 0 N–H and O–H groups in total. The maximum Gasteiger partial charge on any atom is 0.454 e. The number of fused-ring (bicyclic) bond motifs is 2. The fraction of sp³-hybridized carbons (Fsp3) is 0.167. The molecule has 278 valence electrons. The van der Waals surface area contributed by atoms with Crippen LogP contribution in [0.25, 0.3) is 32.0 Å². The van der Waals surface area contributed by atoms with Crippen molar-refractivity contribution >= 4 is 68.5 Å². The molecule has 6 rings (SSSR count). The van der Waals surface area contributed by atoms with E-state index in [9.17, 15) is 72.7 Å². The number of hydrogen-bond donors (Lipinski definition) is 0. The molecule has 0 aliphatic heterocycles. The molecule has 0 spiro atoms. The first kappa shape index (κ1) is 38.4. The third kappa shape index (κ3) is 5.96. The fourth-order valence-corrected chi connectivity index (χ4v) is 8.36. The molecular weight excluding hydrogens is 783 g/mol. The number of halogens is 10. The summed E-state index contributed by atoms with van der Waals surface area (Å²) in [6.07, 6.45) is -7.96. The zero-order valence-corrected chi connectivity index (χ0v) is 28.5. The number of ketones is 6. The lowest BCUT2D eigenvalue weighted by Crippen LogP contribution is -2.30. The standard InChI is InChI=1S/C36H16F10O6S2/c1-13(23-19-21(31(51)33(37,38)29(19)49)25(53-23)15-5-9-17(10-6-15)27(47)35(41,42)43)3-4-14(2)24-20-22(32(52)34(39,40)30(20)50)26(54-24)16-7-11-18(12-8-16)28(48)36(44,45)46/h3-12H,1-2H3/b13-3+,14-4+. The zero-order chi connectivity index (χ0) is 40.0. The van der Waals surface area contributed by atoms with Gasteiger partial charge in [-0.15, -0.1) is 22.7 Å². The lowest BCUT2D eigenvalue weighted by Gasteiger charge is -2.08. The highest BCUT2D eigenvalue weighted by Gasteiger charge is 2.59. The van der Waals surface area contributed by atoms with Gasteiger partial charge in [0, 0.05) is 30.6 Å². The largest absolute Gasteiger partial charge is 0.454 e. The molecular formula is C36H16F10O6S2. The van der Waals surface area contributed by atoms with E-state index in [2.05, 4.69) is 0 Å². The highest BCUT2D eigenvalue weighted by Crippen LogP contribution is 2.50. The van der Waals surface area contributed by atoms with E-state index in [-0.39, 0.29) is 41.8 Å². The SMILES string of the molecule is C/C(=C\C=C(/C)c1sc(-c2ccc(C(=O)C(F)(F)F)cc2)c2c1C(=O)C(F)(F)C2=O)c1sc(-c2ccc(C(=O)C(F)(F)F)cc2)c2c1C(=O)C(F)(F)C2=O. The van der Waals surface area contributed by atoms with Gasteiger partial charge in [-0.2, -0.15) is 43.9 Å². The molecule has 2 heterocycles. The Balaban J connectivity index is 1.43. The average Bonchev–Trinajstić information content (AvgIpc) is 3.79. The predicted octanol–water partition coefficient (Wildman–Crippen LogP) is 10.2. The third-order valence-corrected chi connectivity index (χ3v) is 11.2. The van der Waals surface area contributed by atoms with Gasteiger partial charge in [0.15, 0.2) is 0 Å². The Hall–Kier alpha value is -5.36. The van der Waals surface area contributed by atoms with E-state index < -0.39 is 92.3 Å². The van der Waals surface area contributed by atoms with E-state index in [0.717, 1.165) is 48.5 Å². The van der Waals surface area contributed by atoms with Crippen LogP contribution < -0.4 is 0 Å². The third-order valence-electron chi connectivity index (χ3n) is 8.50. The normalized spacial score (nSPS) is 17.0. The second-order valence-corrected chi connectivity index (χ2v) is 14.0. The molecule has 0 unspecified atom stereocenters. The zero-order valence-electron chi connectivity index (χ0n) is 26.8. The first-order valence-corrected chi connectivity index (χ1v) is 16.6. The maximum atomic E-state index is 14.8. The molecule has 0 saturated heterocycles. The van der Waals surface area contributed by atoms with Gasteiger partial charge >= 0.3 is 24.2 Å². The van der Waals surface area contributed by atoms with Crippen LogP contribution >= 0.6 is 22.7 Å². The molecule has 2 aliphatic rings. The second kappa shape index (κ2) is 12.6. The summed E-state index contributed by atoms with van der Waals surface area (Å²) in [5.41, 5.74) is -4.38. The summed E-state index contributed by atoms with van der Waals surface area (Å²) in [7, 11) is 0. The van der Waals surface area contributed by atoms with Gasteiger partial charge in [0.1, 0.15) is 0 Å². The van der Waals surface area contributed by atoms with Crippen molar-refractivity contribution in [2.75, 3.05) is 0 Å². The number of benzene rings is 2. The highest BCUT2D eigenvalue weighted by molar-refractivity contribution is 7.18. The number of Topliss-reactive ketones (excluding diaryl/α,β-unsaturated/α-hetero) is 6. The Morgan fingerprint density at radius 1 is 0.519 bits per heavy atom. The fourth-order valence-electron chi connectivity index (χ4n) is 5.80. The van der Waals surface area contributed by atoms with Crippen LogP contribution in [0.5, 0.6) is 0 Å². The van der Waals surface area contributed by atoms with Crippen molar-refractivity contribution in [1.29, 1.82) is 0 Å². The van der Waals surface area contributed by atoms with Crippen molar-refractivity contribution in [3.05, 3.63) is 104 Å². The van der Waals surface area contributed by atoms with Crippen molar-refractivity contribution in [2.45, 2.75) is 38.0 Å². The van der Waals surface area contributed by atoms with Gasteiger partial charge in [-0.1, -0.05) is 60.7 Å². The van der Waals surface area contributed by atoms with Gasteiger partial charge in [0.05, 0.1) is 22.3 Å². The second-order valence-electron chi connectivity index (χ2n) is 12.0. The van der Waals surface area contributed by atoms with Gasteiger partial charge < -0.3 is 0 Å². The Morgan fingerprint density at radius 3 is 1.07 bits per heavy atom. The number of carbonyl (C=O) groups is 6. The van der Waals surface area contributed by atoms with E-state index in [1.54, 1.807) is 0 Å². The summed E-state index contributed by atoms with van der Waals surface area (Å²) >= 11 is 1.31. The van der Waals surface area contributed by atoms with E-state index in [0.29, 0.717) is 22.7 Å². The van der Waals surface area contributed by atoms with E-state index in [1.807, 2.05) is 0 Å². The van der Waals surface area contributed by atoms with Crippen molar-refractivity contribution in [3.63, 3.8) is 0 Å². The van der Waals surface area contributed by atoms with Crippen LogP contribution in [0, 0.1) is 0 Å². The van der Waals surface area contributed by atoms with Crippen LogP contribution in [0.2, 0.25) is 0 Å². The lowest BCUT2D eigenvalue weighted by molar-refractivity contribution is -0.0888. The number of thiophene rings is 2. The Bertz CT molecular complexity index is 2250. The first-order valence-electron chi connectivity index (χ1n) is 15.0. The Labute approximate surface area is 303 Å². The first-order chi connectivity index (χ1) is 24.9. The summed E-state index contributed by atoms with van der Waals surface area (Å²) in [5, 5.41) is 0. The molecule has 0 fully saturated rings. The lowest BCUT2D eigenvalue weighted by atomic mass is 10.0. The van der Waals surface area contributed by atoms with Crippen molar-refractivity contribution in [1.82, 2.24) is 0 Å². The van der Waals surface area contributed by atoms with Gasteiger partial charge in [-0.25, -0.2) is 0 Å². The molecule has 6 nitrogen and oxygen atoms in total. The molecule has 2 aromatic carbocycles. The summed E-state index contributed by atoms with van der Waals surface area (Å²) in [6, 6.07) is 7.01. The molecule has 54 heavy (non-hydrogen) atoms. The van der Waals surface area contributed by atoms with Crippen LogP contribution in [-0.2, 0) is 0 Å². The predicted molar refractivity (Wildman–Crippen MR) is 175 cm³/mol. The molecule has 4 aromatic rings. The van der Waals surface area contributed by atoms with Crippen LogP contribution in [0.4, 0.5) is 43.9 Å². The maximum absolute atomic E-state index is 14.8. The number of carbonyl (C=O) groups excluding carboxylic acids is 6. The Morgan fingerprint density at radius 2 is 0.796 bits per heavy atom. The van der Waals surface area contributed by atoms with Crippen LogP contribution in [-0.4, -0.2) is 58.9 Å². The van der Waals surface area contributed by atoms with Crippen LogP contribution in [0.1, 0.15) is 85.7 Å². The van der Waals surface area contributed by atoms with E-state index in [4.69, 9.17) is 0 Å². The summed E-state index contributed by atoms with van der Waals surface area (Å²) in [5.74, 6) is -20.8. The number of alkyl halides is 10. The molecule has 2 aromatic heterocycles. The molecule has 0 bridgehead atoms. The minimum Gasteiger partial charge on any atom is -0.287 e. The van der Waals surface area contributed by atoms with Gasteiger partial charge in [0.25, 0.3) is 11.6 Å². The smallest absolute Gasteiger partial charge is 0.287 e. The quantitative estimate of drug-likeness (QED) is 0.0799. The van der Waals surface area contributed by atoms with Crippen molar-refractivity contribution in [2.24, 2.45) is 0 Å². The van der Waals surface area contributed by atoms with Gasteiger partial charge in [-0.3, -0.25) is 28.8 Å². The van der Waals surface area contributed by atoms with Crippen LogP contribution in [0.15, 0.2) is 60.7 Å². The topological polar surface area (TPSA) is 102 Å². The van der Waals surface area contributed by atoms with E-state index >= 15 is 0 Å². The number of allylic oxidation sites excluding steroid dienone is 4. The molecule has 0 atom stereocenters. The molecule has 0 saturated carbocycles. The van der Waals surface area contributed by atoms with Crippen LogP contribution in [0.3, 0.4) is 0 Å². The molecule has 2 aliphatic carbocycles. The highest BCUT2D eigenvalue weighted by atomic mass is 32.1. The number of rotatable bonds is 7. The van der Waals surface area contributed by atoms with Gasteiger partial charge in [0.2, 0.25) is 23.1 Å². The number of hydrogen-bond acceptors (Lipinski definition) is 8. The monoisotopic (exact) mass is 798 g/mol. The van der Waals surface area contributed by atoms with Crippen molar-refractivity contribution < 1.29 is 72.7 Å². The average molecular weight is 799 g/mol. The summed E-state index contributed by atoms with van der Waals surface area (Å²) in [6.45, 7) is 2.66. The molecule has 0 amide bonds. The summed E-state index contributed by atoms with van der Waals surface area (Å²) in [4.78, 5) is 73.6. The molecule has 0 radical (unpaired) electrons.